The van der Waals surface area contributed by atoms with Gasteiger partial charge in [-0.05, 0) is 18.8 Å². The van der Waals surface area contributed by atoms with E-state index in [0.717, 1.165) is 12.8 Å². The van der Waals surface area contributed by atoms with E-state index in [1.54, 1.807) is 4.90 Å². The topological polar surface area (TPSA) is 83.6 Å². The molecule has 1 fully saturated rings. The van der Waals surface area contributed by atoms with Gasteiger partial charge in [0.2, 0.25) is 5.91 Å². The SMILES string of the molecule is CCCC(N)C(=O)N1CCC(CC(=O)O)C1. The number of amides is 1. The van der Waals surface area contributed by atoms with Crippen molar-refractivity contribution >= 4 is 11.9 Å². The van der Waals surface area contributed by atoms with Gasteiger partial charge in [0.1, 0.15) is 0 Å². The number of carbonyl (C=O) groups is 2. The van der Waals surface area contributed by atoms with Gasteiger partial charge in [-0.15, -0.1) is 0 Å². The second-order valence-electron chi connectivity index (χ2n) is 4.43. The Balaban J connectivity index is 2.40. The second kappa shape index (κ2) is 5.84. The second-order valence-corrected chi connectivity index (χ2v) is 4.43. The first kappa shape index (κ1) is 13.0. The highest BCUT2D eigenvalue weighted by molar-refractivity contribution is 5.82. The highest BCUT2D eigenvalue weighted by Gasteiger charge is 2.29. The van der Waals surface area contributed by atoms with Gasteiger partial charge in [0.05, 0.1) is 6.04 Å². The Kier molecular flexibility index (Phi) is 4.73. The van der Waals surface area contributed by atoms with Crippen LogP contribution < -0.4 is 5.73 Å². The van der Waals surface area contributed by atoms with Crippen LogP contribution >= 0.6 is 0 Å². The van der Waals surface area contributed by atoms with Crippen molar-refractivity contribution in [2.45, 2.75) is 38.6 Å². The maximum Gasteiger partial charge on any atom is 0.303 e. The molecule has 0 aromatic heterocycles. The summed E-state index contributed by atoms with van der Waals surface area (Å²) in [6.07, 6.45) is 2.50. The molecule has 2 atom stereocenters. The van der Waals surface area contributed by atoms with Crippen LogP contribution in [0, 0.1) is 5.92 Å². The van der Waals surface area contributed by atoms with Gasteiger partial charge in [-0.3, -0.25) is 9.59 Å². The smallest absolute Gasteiger partial charge is 0.303 e. The normalized spacial score (nSPS) is 22.1. The molecule has 0 aromatic rings. The lowest BCUT2D eigenvalue weighted by atomic mass is 10.1. The van der Waals surface area contributed by atoms with Gasteiger partial charge in [-0.2, -0.15) is 0 Å². The molecule has 1 aliphatic heterocycles. The van der Waals surface area contributed by atoms with Gasteiger partial charge >= 0.3 is 5.97 Å². The molecule has 5 nitrogen and oxygen atoms in total. The summed E-state index contributed by atoms with van der Waals surface area (Å²) in [5, 5.41) is 8.66. The molecule has 1 rings (SSSR count). The maximum atomic E-state index is 11.8. The number of hydrogen-bond donors (Lipinski definition) is 2. The average molecular weight is 228 g/mol. The predicted molar refractivity (Wildman–Crippen MR) is 59.8 cm³/mol. The van der Waals surface area contributed by atoms with Crippen LogP contribution in [-0.4, -0.2) is 41.0 Å². The number of carboxylic acid groups (broad SMARTS) is 1. The first-order valence-corrected chi connectivity index (χ1v) is 5.80. The van der Waals surface area contributed by atoms with E-state index in [9.17, 15) is 9.59 Å². The number of aliphatic carboxylic acids is 1. The van der Waals surface area contributed by atoms with Gasteiger partial charge in [0.25, 0.3) is 0 Å². The summed E-state index contributed by atoms with van der Waals surface area (Å²) in [5.74, 6) is -0.734. The van der Waals surface area contributed by atoms with E-state index >= 15 is 0 Å². The molecule has 1 saturated heterocycles. The fourth-order valence-electron chi connectivity index (χ4n) is 2.12. The first-order chi connectivity index (χ1) is 7.54. The van der Waals surface area contributed by atoms with Crippen LogP contribution in [0.4, 0.5) is 0 Å². The van der Waals surface area contributed by atoms with Crippen LogP contribution in [0.25, 0.3) is 0 Å². The fourth-order valence-corrected chi connectivity index (χ4v) is 2.12. The van der Waals surface area contributed by atoms with E-state index in [-0.39, 0.29) is 18.2 Å². The Morgan fingerprint density at radius 3 is 2.81 bits per heavy atom. The van der Waals surface area contributed by atoms with E-state index < -0.39 is 12.0 Å². The van der Waals surface area contributed by atoms with Crippen molar-refractivity contribution in [1.82, 2.24) is 4.90 Å². The standard InChI is InChI=1S/C11H20N2O3/c1-2-3-9(12)11(16)13-5-4-8(7-13)6-10(14)15/h8-9H,2-7,12H2,1H3,(H,14,15). The molecular formula is C11H20N2O3. The summed E-state index contributed by atoms with van der Waals surface area (Å²) < 4.78 is 0. The number of likely N-dealkylation sites (tertiary alicyclic amines) is 1. The molecule has 3 N–H and O–H groups in total. The third-order valence-electron chi connectivity index (χ3n) is 2.98. The quantitative estimate of drug-likeness (QED) is 0.715. The van der Waals surface area contributed by atoms with E-state index in [4.69, 9.17) is 10.8 Å². The molecule has 1 heterocycles. The highest BCUT2D eigenvalue weighted by atomic mass is 16.4. The van der Waals surface area contributed by atoms with Crippen LogP contribution in [0.5, 0.6) is 0 Å². The molecule has 0 aliphatic carbocycles. The third kappa shape index (κ3) is 3.48. The largest absolute Gasteiger partial charge is 0.481 e. The van der Waals surface area contributed by atoms with E-state index in [1.165, 1.54) is 0 Å². The maximum absolute atomic E-state index is 11.8. The molecule has 0 aromatic carbocycles. The summed E-state index contributed by atoms with van der Waals surface area (Å²) in [6, 6.07) is -0.423. The van der Waals surface area contributed by atoms with Crippen molar-refractivity contribution in [3.8, 4) is 0 Å². The van der Waals surface area contributed by atoms with Crippen LogP contribution in [0.15, 0.2) is 0 Å². The molecule has 16 heavy (non-hydrogen) atoms. The van der Waals surface area contributed by atoms with Crippen LogP contribution in [0.1, 0.15) is 32.6 Å². The van der Waals surface area contributed by atoms with Crippen molar-refractivity contribution < 1.29 is 14.7 Å². The molecule has 2 unspecified atom stereocenters. The van der Waals surface area contributed by atoms with E-state index in [1.807, 2.05) is 6.92 Å². The van der Waals surface area contributed by atoms with Gasteiger partial charge in [0.15, 0.2) is 0 Å². The van der Waals surface area contributed by atoms with E-state index in [0.29, 0.717) is 19.5 Å². The molecule has 0 radical (unpaired) electrons. The highest BCUT2D eigenvalue weighted by Crippen LogP contribution is 2.20. The molecule has 5 heteroatoms. The summed E-state index contributed by atoms with van der Waals surface area (Å²) >= 11 is 0. The summed E-state index contributed by atoms with van der Waals surface area (Å²) in [5.41, 5.74) is 5.75. The Bertz CT molecular complexity index is 268. The summed E-state index contributed by atoms with van der Waals surface area (Å²) in [4.78, 5) is 24.1. The van der Waals surface area contributed by atoms with Crippen molar-refractivity contribution in [2.24, 2.45) is 11.7 Å². The lowest BCUT2D eigenvalue weighted by Gasteiger charge is -2.20. The Hall–Kier alpha value is -1.10. The van der Waals surface area contributed by atoms with Gasteiger partial charge in [-0.1, -0.05) is 13.3 Å². The zero-order valence-corrected chi connectivity index (χ0v) is 9.69. The molecular weight excluding hydrogens is 208 g/mol. The van der Waals surface area contributed by atoms with Gasteiger partial charge in [-0.25, -0.2) is 0 Å². The zero-order chi connectivity index (χ0) is 12.1. The number of carbonyl (C=O) groups excluding carboxylic acids is 1. The number of rotatable bonds is 5. The van der Waals surface area contributed by atoms with Crippen molar-refractivity contribution in [1.29, 1.82) is 0 Å². The zero-order valence-electron chi connectivity index (χ0n) is 9.69. The lowest BCUT2D eigenvalue weighted by Crippen LogP contribution is -2.42. The van der Waals surface area contributed by atoms with Crippen LogP contribution in [-0.2, 0) is 9.59 Å². The number of nitrogens with two attached hydrogens (primary N) is 1. The van der Waals surface area contributed by atoms with Crippen LogP contribution in [0.3, 0.4) is 0 Å². The average Bonchev–Trinajstić information content (AvgIpc) is 2.64. The first-order valence-electron chi connectivity index (χ1n) is 5.80. The third-order valence-corrected chi connectivity index (χ3v) is 2.98. The lowest BCUT2D eigenvalue weighted by molar-refractivity contribution is -0.138. The van der Waals surface area contributed by atoms with Crippen molar-refractivity contribution in [3.63, 3.8) is 0 Å². The summed E-state index contributed by atoms with van der Waals surface area (Å²) in [7, 11) is 0. The molecule has 0 saturated carbocycles. The number of hydrogen-bond acceptors (Lipinski definition) is 3. The summed E-state index contributed by atoms with van der Waals surface area (Å²) in [6.45, 7) is 3.18. The molecule has 0 spiro atoms. The van der Waals surface area contributed by atoms with E-state index in [2.05, 4.69) is 0 Å². The van der Waals surface area contributed by atoms with Crippen LogP contribution in [0.2, 0.25) is 0 Å². The number of nitrogens with zero attached hydrogens (tertiary/aromatic N) is 1. The Morgan fingerprint density at radius 1 is 1.56 bits per heavy atom. The Labute approximate surface area is 95.6 Å². The molecule has 0 bridgehead atoms. The molecule has 1 aliphatic rings. The molecule has 92 valence electrons. The minimum absolute atomic E-state index is 0.0326. The van der Waals surface area contributed by atoms with Gasteiger partial charge < -0.3 is 15.7 Å². The Morgan fingerprint density at radius 2 is 2.25 bits per heavy atom. The monoisotopic (exact) mass is 228 g/mol. The molecule has 1 amide bonds. The van der Waals surface area contributed by atoms with Gasteiger partial charge in [0, 0.05) is 19.5 Å². The van der Waals surface area contributed by atoms with Crippen molar-refractivity contribution in [2.75, 3.05) is 13.1 Å². The number of carboxylic acids is 1. The predicted octanol–water partition coefficient (Wildman–Crippen LogP) is 0.437. The minimum Gasteiger partial charge on any atom is -0.481 e. The fraction of sp³-hybridized carbons (Fsp3) is 0.818. The minimum atomic E-state index is -0.794. The van der Waals surface area contributed by atoms with Crippen molar-refractivity contribution in [3.05, 3.63) is 0 Å².